The predicted octanol–water partition coefficient (Wildman–Crippen LogP) is 4.20. The molecule has 0 unspecified atom stereocenters. The Hall–Kier alpha value is -6.47. The van der Waals surface area contributed by atoms with Crippen molar-refractivity contribution in [3.8, 4) is 0 Å². The highest BCUT2D eigenvalue weighted by atomic mass is 16.5. The summed E-state index contributed by atoms with van der Waals surface area (Å²) in [6.45, 7) is 5.43. The van der Waals surface area contributed by atoms with Crippen molar-refractivity contribution in [2.24, 2.45) is 0 Å². The van der Waals surface area contributed by atoms with Gasteiger partial charge in [0.1, 0.15) is 29.4 Å². The Morgan fingerprint density at radius 1 is 0.688 bits per heavy atom. The van der Waals surface area contributed by atoms with E-state index in [2.05, 4.69) is 20.0 Å². The van der Waals surface area contributed by atoms with Gasteiger partial charge in [-0.05, 0) is 62.5 Å². The zero-order chi connectivity index (χ0) is 46.0. The highest BCUT2D eigenvalue weighted by Gasteiger charge is 2.37. The second-order valence-electron chi connectivity index (χ2n) is 15.8. The van der Waals surface area contributed by atoms with Crippen LogP contribution in [0.4, 0.5) is 4.79 Å². The lowest BCUT2D eigenvalue weighted by molar-refractivity contribution is -0.143. The number of hydrogen-bond acceptors (Lipinski definition) is 14. The molecule has 4 aliphatic rings. The number of nitrogens with one attached hydrogen (secondary N) is 3. The van der Waals surface area contributed by atoms with Crippen LogP contribution in [0.3, 0.4) is 0 Å². The predicted molar refractivity (Wildman–Crippen MR) is 234 cm³/mol. The number of fused-ring (bicyclic) bond motifs is 2. The second kappa shape index (κ2) is 22.8. The van der Waals surface area contributed by atoms with Crippen LogP contribution in [0.1, 0.15) is 148 Å². The van der Waals surface area contributed by atoms with Gasteiger partial charge in [-0.2, -0.15) is 0 Å². The highest BCUT2D eigenvalue weighted by Crippen LogP contribution is 2.30. The normalized spacial score (nSPS) is 16.6. The number of nitrogens with zero attached hydrogens (tertiary/aromatic N) is 3. The molecular formula is C44H58N6O14. The molecule has 0 spiro atoms. The maximum atomic E-state index is 12.6. The summed E-state index contributed by atoms with van der Waals surface area (Å²) in [4.78, 5) is 133. The average molecular weight is 895 g/mol. The molecule has 4 fully saturated rings. The summed E-state index contributed by atoms with van der Waals surface area (Å²) in [7, 11) is 1.27. The first-order valence-corrected chi connectivity index (χ1v) is 21.5. The van der Waals surface area contributed by atoms with E-state index in [0.29, 0.717) is 41.2 Å². The monoisotopic (exact) mass is 894 g/mol. The van der Waals surface area contributed by atoms with Crippen molar-refractivity contribution in [3.05, 3.63) is 85.8 Å². The minimum Gasteiger partial charge on any atom is -0.469 e. The number of H-pyrrole nitrogens is 2. The number of amides is 4. The molecule has 0 atom stereocenters. The van der Waals surface area contributed by atoms with E-state index < -0.39 is 46.1 Å². The average Bonchev–Trinajstić information content (AvgIpc) is 4.07. The zero-order valence-corrected chi connectivity index (χ0v) is 36.0. The van der Waals surface area contributed by atoms with E-state index in [0.717, 1.165) is 77.0 Å². The van der Waals surface area contributed by atoms with E-state index in [1.54, 1.807) is 6.92 Å². The molecule has 3 saturated carbocycles. The number of esters is 1. The molecule has 0 bridgehead atoms. The van der Waals surface area contributed by atoms with E-state index in [1.165, 1.54) is 33.3 Å². The number of rotatable bonds is 8. The van der Waals surface area contributed by atoms with Crippen molar-refractivity contribution in [2.75, 3.05) is 7.11 Å². The number of urea groups is 1. The number of carbonyl (C=O) groups excluding carboxylic acids is 5. The highest BCUT2D eigenvalue weighted by molar-refractivity contribution is 6.14. The summed E-state index contributed by atoms with van der Waals surface area (Å²) in [5, 5.41) is 2.80. The molecule has 1 aliphatic heterocycles. The van der Waals surface area contributed by atoms with Gasteiger partial charge >= 0.3 is 34.6 Å². The molecule has 5 heterocycles. The van der Waals surface area contributed by atoms with Crippen LogP contribution in [-0.2, 0) is 36.8 Å². The molecule has 4 aromatic heterocycles. The summed E-state index contributed by atoms with van der Waals surface area (Å²) in [5.41, 5.74) is -1.57. The molecule has 20 nitrogen and oxygen atoms in total. The molecule has 4 amide bonds. The van der Waals surface area contributed by atoms with Gasteiger partial charge in [-0.1, -0.05) is 66.7 Å². The summed E-state index contributed by atoms with van der Waals surface area (Å²) in [6, 6.07) is 2.06. The standard InChI is InChI=1S/2C14H16N2O4.C9H12N2O3.C6H10O3.CH4/c1-2-8-7-10(17)20-12-11(8)13(18)16(14(19)15-12)9-5-3-4-6-9;1-2-8-7-10(17)20-13-11(8)12(18)15-14(19)16(13)9-5-3-4-6-9;12-7-5-8(13)11(9(14)10-7)6-3-1-2-4-6;1-3-5(7)4-6(8)9-2;/h7,9H,2-6H2,1H3,(H,15,19);7,9H,2-6H2,1H3,(H,15,18,19);6H,1-5H2,(H,10,12,14);3-4H2,1-2H3;1H4. The summed E-state index contributed by atoms with van der Waals surface area (Å²) >= 11 is 0. The number of imide groups is 2. The van der Waals surface area contributed by atoms with Crippen LogP contribution in [0.15, 0.2) is 49.7 Å². The Balaban J connectivity index is 0.000000194. The van der Waals surface area contributed by atoms with Crippen LogP contribution >= 0.6 is 0 Å². The Kier molecular flexibility index (Phi) is 17.8. The number of aryl methyl sites for hydroxylation is 2. The third-order valence-corrected chi connectivity index (χ3v) is 11.7. The molecular weight excluding hydrogens is 837 g/mol. The van der Waals surface area contributed by atoms with Crippen LogP contribution in [0.2, 0.25) is 0 Å². The van der Waals surface area contributed by atoms with Crippen LogP contribution in [-0.4, -0.2) is 66.8 Å². The number of hydrogen-bond donors (Lipinski definition) is 3. The quantitative estimate of drug-likeness (QED) is 0.165. The lowest BCUT2D eigenvalue weighted by Crippen LogP contribution is -2.55. The maximum absolute atomic E-state index is 12.6. The Bertz CT molecular complexity index is 2670. The zero-order valence-electron chi connectivity index (χ0n) is 36.0. The van der Waals surface area contributed by atoms with Crippen LogP contribution in [0.25, 0.3) is 22.2 Å². The Morgan fingerprint density at radius 3 is 1.70 bits per heavy atom. The lowest BCUT2D eigenvalue weighted by atomic mass is 10.1. The molecule has 4 aromatic rings. The number of ketones is 1. The van der Waals surface area contributed by atoms with Crippen molar-refractivity contribution < 1.29 is 37.5 Å². The third-order valence-electron chi connectivity index (χ3n) is 11.7. The SMILES string of the molecule is C.CCC(=O)CC(=O)OC.CCc1cc(=O)oc2[nH]c(=O)n(C3CCCC3)c(=O)c12.CCc1cc(=O)oc2c1c(=O)[nH]c(=O)n2C1CCCC1.O=C1CC(=O)N(C2CCCC2)C(=O)N1. The summed E-state index contributed by atoms with van der Waals surface area (Å²) < 4.78 is 17.2. The van der Waals surface area contributed by atoms with Crippen molar-refractivity contribution in [1.82, 2.24) is 29.3 Å². The van der Waals surface area contributed by atoms with Crippen LogP contribution in [0, 0.1) is 0 Å². The molecule has 8 rings (SSSR count). The molecule has 348 valence electrons. The van der Waals surface area contributed by atoms with Gasteiger partial charge in [0.05, 0.1) is 7.11 Å². The molecule has 0 radical (unpaired) electrons. The van der Waals surface area contributed by atoms with Gasteiger partial charge in [-0.15, -0.1) is 0 Å². The first-order chi connectivity index (χ1) is 30.1. The number of aromatic amines is 2. The Morgan fingerprint density at radius 2 is 1.19 bits per heavy atom. The summed E-state index contributed by atoms with van der Waals surface area (Å²) in [5.74, 6) is -1.39. The third kappa shape index (κ3) is 11.8. The second-order valence-corrected chi connectivity index (χ2v) is 15.8. The van der Waals surface area contributed by atoms with E-state index in [1.807, 2.05) is 13.8 Å². The number of methoxy groups -OCH3 is 1. The first-order valence-electron chi connectivity index (χ1n) is 21.5. The molecule has 3 N–H and O–H groups in total. The molecule has 3 aliphatic carbocycles. The molecule has 64 heavy (non-hydrogen) atoms. The smallest absolute Gasteiger partial charge is 0.337 e. The van der Waals surface area contributed by atoms with E-state index in [9.17, 15) is 52.7 Å². The van der Waals surface area contributed by atoms with E-state index >= 15 is 0 Å². The minimum atomic E-state index is -0.553. The van der Waals surface area contributed by atoms with Gasteiger partial charge in [0.15, 0.2) is 0 Å². The number of ether oxygens (including phenoxy) is 1. The van der Waals surface area contributed by atoms with Crippen molar-refractivity contribution >= 4 is 51.8 Å². The van der Waals surface area contributed by atoms with E-state index in [-0.39, 0.29) is 67.1 Å². The van der Waals surface area contributed by atoms with E-state index in [4.69, 9.17) is 8.83 Å². The lowest BCUT2D eigenvalue weighted by Gasteiger charge is -2.29. The topological polar surface area (TPSA) is 280 Å². The fourth-order valence-corrected chi connectivity index (χ4v) is 8.48. The molecule has 20 heteroatoms. The van der Waals surface area contributed by atoms with Gasteiger partial charge in [-0.25, -0.2) is 24.0 Å². The fraction of sp³-hybridized carbons (Fsp3) is 0.568. The van der Waals surface area contributed by atoms with Crippen molar-refractivity contribution in [1.29, 1.82) is 0 Å². The molecule has 0 aromatic carbocycles. The van der Waals surface area contributed by atoms with Crippen molar-refractivity contribution in [3.63, 3.8) is 0 Å². The van der Waals surface area contributed by atoms with Gasteiger partial charge in [-0.3, -0.25) is 58.1 Å². The fourth-order valence-electron chi connectivity index (χ4n) is 8.48. The van der Waals surface area contributed by atoms with Crippen LogP contribution in [0.5, 0.6) is 0 Å². The first kappa shape index (κ1) is 50.2. The van der Waals surface area contributed by atoms with Gasteiger partial charge in [0.25, 0.3) is 11.1 Å². The van der Waals surface area contributed by atoms with Crippen molar-refractivity contribution in [2.45, 2.75) is 155 Å². The Labute approximate surface area is 366 Å². The minimum absolute atomic E-state index is 0. The number of aromatic nitrogens is 4. The van der Waals surface area contributed by atoms with Gasteiger partial charge in [0, 0.05) is 36.7 Å². The maximum Gasteiger partial charge on any atom is 0.337 e. The van der Waals surface area contributed by atoms with Gasteiger partial charge in [0.2, 0.25) is 23.2 Å². The summed E-state index contributed by atoms with van der Waals surface area (Å²) in [6.07, 6.45) is 12.6. The number of Topliss-reactive ketones (excluding diaryl/α,β-unsaturated/α-hetero) is 1. The van der Waals surface area contributed by atoms with Gasteiger partial charge < -0.3 is 13.6 Å². The largest absolute Gasteiger partial charge is 0.469 e. The number of barbiturate groups is 1. The van der Waals surface area contributed by atoms with Crippen LogP contribution < -0.4 is 39.1 Å². The number of carbonyl (C=O) groups is 5. The molecule has 1 saturated heterocycles.